The summed E-state index contributed by atoms with van der Waals surface area (Å²) in [5, 5.41) is 0. The molecule has 0 bridgehead atoms. The third kappa shape index (κ3) is 3.86. The number of hydrogen-bond acceptors (Lipinski definition) is 2. The van der Waals surface area contributed by atoms with Gasteiger partial charge in [0, 0.05) is 17.5 Å². The number of benzene rings is 1. The molecule has 1 aromatic carbocycles. The first-order valence-electron chi connectivity index (χ1n) is 6.73. The van der Waals surface area contributed by atoms with Gasteiger partial charge in [0.2, 0.25) is 0 Å². The molecule has 2 N–H and O–H groups in total. The number of anilines is 1. The summed E-state index contributed by atoms with van der Waals surface area (Å²) in [5.41, 5.74) is 7.05. The van der Waals surface area contributed by atoms with Gasteiger partial charge in [-0.2, -0.15) is 0 Å². The molecule has 1 aromatic rings. The fourth-order valence-corrected chi connectivity index (χ4v) is 2.04. The predicted molar refractivity (Wildman–Crippen MR) is 77.6 cm³/mol. The van der Waals surface area contributed by atoms with E-state index < -0.39 is 5.41 Å². The van der Waals surface area contributed by atoms with Crippen LogP contribution in [0.5, 0.6) is 0 Å². The highest BCUT2D eigenvalue weighted by Gasteiger charge is 2.28. The molecule has 0 heterocycles. The molecule has 0 spiro atoms. The molecule has 0 aliphatic heterocycles. The number of nitrogens with two attached hydrogens (primary N) is 1. The van der Waals surface area contributed by atoms with E-state index in [2.05, 4.69) is 13.8 Å². The molecule has 0 aromatic heterocycles. The summed E-state index contributed by atoms with van der Waals surface area (Å²) in [5.74, 6) is 0.977. The smallest absolute Gasteiger partial charge is 0.142 e. The molecule has 100 valence electrons. The van der Waals surface area contributed by atoms with Crippen molar-refractivity contribution in [2.45, 2.75) is 52.4 Å². The Bertz CT molecular complexity index is 390. The first kappa shape index (κ1) is 14.7. The SMILES string of the molecule is CC(C)CCCC(=O)C(C)(C)c1ccc(N)cc1. The maximum Gasteiger partial charge on any atom is 0.142 e. The minimum absolute atomic E-state index is 0.313. The van der Waals surface area contributed by atoms with E-state index in [0.717, 1.165) is 24.1 Å². The van der Waals surface area contributed by atoms with Gasteiger partial charge in [-0.25, -0.2) is 0 Å². The molecular formula is C16H25NO. The Morgan fingerprint density at radius 3 is 2.28 bits per heavy atom. The van der Waals surface area contributed by atoms with Crippen LogP contribution in [-0.4, -0.2) is 5.78 Å². The van der Waals surface area contributed by atoms with Crippen molar-refractivity contribution in [3.63, 3.8) is 0 Å². The van der Waals surface area contributed by atoms with Crippen LogP contribution in [0.25, 0.3) is 0 Å². The summed E-state index contributed by atoms with van der Waals surface area (Å²) in [6.07, 6.45) is 2.76. The number of rotatable bonds is 6. The third-order valence-electron chi connectivity index (χ3n) is 3.51. The monoisotopic (exact) mass is 247 g/mol. The summed E-state index contributed by atoms with van der Waals surface area (Å²) in [6, 6.07) is 7.63. The number of nitrogen functional groups attached to an aromatic ring is 1. The summed E-state index contributed by atoms with van der Waals surface area (Å²) < 4.78 is 0. The topological polar surface area (TPSA) is 43.1 Å². The van der Waals surface area contributed by atoms with Crippen molar-refractivity contribution in [2.75, 3.05) is 5.73 Å². The third-order valence-corrected chi connectivity index (χ3v) is 3.51. The fraction of sp³-hybridized carbons (Fsp3) is 0.562. The summed E-state index contributed by atoms with van der Waals surface area (Å²) in [7, 11) is 0. The fourth-order valence-electron chi connectivity index (χ4n) is 2.04. The van der Waals surface area contributed by atoms with Crippen molar-refractivity contribution >= 4 is 11.5 Å². The van der Waals surface area contributed by atoms with Crippen molar-refractivity contribution in [3.8, 4) is 0 Å². The lowest BCUT2D eigenvalue weighted by Gasteiger charge is -2.24. The molecule has 0 aliphatic rings. The molecule has 2 nitrogen and oxygen atoms in total. The van der Waals surface area contributed by atoms with E-state index in [4.69, 9.17) is 5.73 Å². The number of ketones is 1. The van der Waals surface area contributed by atoms with Gasteiger partial charge >= 0.3 is 0 Å². The van der Waals surface area contributed by atoms with Gasteiger partial charge in [0.05, 0.1) is 0 Å². The lowest BCUT2D eigenvalue weighted by atomic mass is 9.78. The molecule has 2 heteroatoms. The first-order valence-corrected chi connectivity index (χ1v) is 6.73. The van der Waals surface area contributed by atoms with Gasteiger partial charge in [-0.3, -0.25) is 4.79 Å². The van der Waals surface area contributed by atoms with Gasteiger partial charge in [-0.1, -0.05) is 32.4 Å². The van der Waals surface area contributed by atoms with Crippen molar-refractivity contribution in [3.05, 3.63) is 29.8 Å². The van der Waals surface area contributed by atoms with Crippen molar-refractivity contribution in [1.29, 1.82) is 0 Å². The average molecular weight is 247 g/mol. The average Bonchev–Trinajstić information content (AvgIpc) is 2.28. The zero-order valence-electron chi connectivity index (χ0n) is 12.0. The Balaban J connectivity index is 2.67. The van der Waals surface area contributed by atoms with Gasteiger partial charge in [-0.05, 0) is 43.9 Å². The molecule has 0 unspecified atom stereocenters. The van der Waals surface area contributed by atoms with Gasteiger partial charge < -0.3 is 5.73 Å². The largest absolute Gasteiger partial charge is 0.399 e. The highest BCUT2D eigenvalue weighted by molar-refractivity contribution is 5.89. The van der Waals surface area contributed by atoms with E-state index in [0.29, 0.717) is 18.1 Å². The molecule has 0 saturated heterocycles. The summed E-state index contributed by atoms with van der Waals surface area (Å²) in [4.78, 5) is 12.3. The van der Waals surface area contributed by atoms with Gasteiger partial charge in [0.15, 0.2) is 0 Å². The van der Waals surface area contributed by atoms with Crippen LogP contribution in [0.2, 0.25) is 0 Å². The van der Waals surface area contributed by atoms with Gasteiger partial charge in [-0.15, -0.1) is 0 Å². The Hall–Kier alpha value is -1.31. The van der Waals surface area contributed by atoms with Crippen LogP contribution in [0.15, 0.2) is 24.3 Å². The second-order valence-corrected chi connectivity index (χ2v) is 5.96. The number of Topliss-reactive ketones (excluding diaryl/α,β-unsaturated/α-hetero) is 1. The zero-order valence-corrected chi connectivity index (χ0v) is 12.0. The van der Waals surface area contributed by atoms with E-state index in [-0.39, 0.29) is 0 Å². The predicted octanol–water partition coefficient (Wildman–Crippen LogP) is 3.94. The van der Waals surface area contributed by atoms with E-state index >= 15 is 0 Å². The molecule has 0 fully saturated rings. The number of carbonyl (C=O) groups excluding carboxylic acids is 1. The van der Waals surface area contributed by atoms with Crippen LogP contribution in [0.4, 0.5) is 5.69 Å². The lowest BCUT2D eigenvalue weighted by molar-refractivity contribution is -0.123. The molecular weight excluding hydrogens is 222 g/mol. The molecule has 18 heavy (non-hydrogen) atoms. The summed E-state index contributed by atoms with van der Waals surface area (Å²) >= 11 is 0. The van der Waals surface area contributed by atoms with Crippen molar-refractivity contribution < 1.29 is 4.79 Å². The Labute approximate surface area is 111 Å². The molecule has 0 radical (unpaired) electrons. The maximum atomic E-state index is 12.3. The standard InChI is InChI=1S/C16H25NO/c1-12(2)6-5-7-15(18)16(3,4)13-8-10-14(17)11-9-13/h8-12H,5-7,17H2,1-4H3. The first-order chi connectivity index (χ1) is 8.34. The van der Waals surface area contributed by atoms with Crippen LogP contribution in [0.3, 0.4) is 0 Å². The van der Waals surface area contributed by atoms with Gasteiger partial charge in [0.1, 0.15) is 5.78 Å². The maximum absolute atomic E-state index is 12.3. The minimum Gasteiger partial charge on any atom is -0.399 e. The van der Waals surface area contributed by atoms with Crippen LogP contribution < -0.4 is 5.73 Å². The molecule has 0 aliphatic carbocycles. The van der Waals surface area contributed by atoms with E-state index in [1.54, 1.807) is 0 Å². The highest BCUT2D eigenvalue weighted by Crippen LogP contribution is 2.27. The van der Waals surface area contributed by atoms with Crippen LogP contribution >= 0.6 is 0 Å². The van der Waals surface area contributed by atoms with Crippen LogP contribution in [0, 0.1) is 5.92 Å². The van der Waals surface area contributed by atoms with E-state index in [1.165, 1.54) is 0 Å². The second-order valence-electron chi connectivity index (χ2n) is 5.96. The van der Waals surface area contributed by atoms with Crippen LogP contribution in [-0.2, 0) is 10.2 Å². The quantitative estimate of drug-likeness (QED) is 0.774. The Morgan fingerprint density at radius 1 is 1.22 bits per heavy atom. The van der Waals surface area contributed by atoms with E-state index in [1.807, 2.05) is 38.1 Å². The number of carbonyl (C=O) groups is 1. The van der Waals surface area contributed by atoms with E-state index in [9.17, 15) is 4.79 Å². The minimum atomic E-state index is -0.412. The highest BCUT2D eigenvalue weighted by atomic mass is 16.1. The van der Waals surface area contributed by atoms with Crippen molar-refractivity contribution in [1.82, 2.24) is 0 Å². The molecule has 1 rings (SSSR count). The Kier molecular flexibility index (Phi) is 4.94. The molecule has 0 atom stereocenters. The Morgan fingerprint density at radius 2 is 1.78 bits per heavy atom. The van der Waals surface area contributed by atoms with Crippen molar-refractivity contribution in [2.24, 2.45) is 5.92 Å². The lowest BCUT2D eigenvalue weighted by Crippen LogP contribution is -2.28. The number of hydrogen-bond donors (Lipinski definition) is 1. The molecule has 0 saturated carbocycles. The van der Waals surface area contributed by atoms with Crippen LogP contribution in [0.1, 0.15) is 52.5 Å². The van der Waals surface area contributed by atoms with Gasteiger partial charge in [0.25, 0.3) is 0 Å². The zero-order chi connectivity index (χ0) is 13.8. The molecule has 0 amide bonds. The second kappa shape index (κ2) is 6.03. The normalized spacial score (nSPS) is 11.8. The summed E-state index contributed by atoms with van der Waals surface area (Å²) in [6.45, 7) is 8.37.